The molecule has 0 atom stereocenters. The molecule has 1 heterocycles. The minimum Gasteiger partial charge on any atom is -0.341 e. The molecular formula is C14H12ClN. The molecule has 0 aliphatic carbocycles. The van der Waals surface area contributed by atoms with Gasteiger partial charge in [-0.3, -0.25) is 0 Å². The summed E-state index contributed by atoms with van der Waals surface area (Å²) in [6.07, 6.45) is 0. The van der Waals surface area contributed by atoms with E-state index in [-0.39, 0.29) is 0 Å². The predicted molar refractivity (Wildman–Crippen MR) is 70.1 cm³/mol. The molecule has 16 heavy (non-hydrogen) atoms. The number of hydrogen-bond acceptors (Lipinski definition) is 0. The van der Waals surface area contributed by atoms with Crippen molar-refractivity contribution >= 4 is 33.4 Å². The highest BCUT2D eigenvalue weighted by molar-refractivity contribution is 6.31. The van der Waals surface area contributed by atoms with Crippen LogP contribution in [-0.2, 0) is 6.54 Å². The Labute approximate surface area is 99.2 Å². The molecule has 80 valence electrons. The summed E-state index contributed by atoms with van der Waals surface area (Å²) in [5, 5.41) is 3.38. The lowest BCUT2D eigenvalue weighted by Gasteiger charge is -2.02. The van der Waals surface area contributed by atoms with Crippen LogP contribution in [0.5, 0.6) is 0 Å². The van der Waals surface area contributed by atoms with Crippen molar-refractivity contribution in [3.63, 3.8) is 0 Å². The molecule has 3 aromatic rings. The summed E-state index contributed by atoms with van der Waals surface area (Å²) in [6, 6.07) is 14.6. The van der Waals surface area contributed by atoms with Crippen molar-refractivity contribution in [3.8, 4) is 0 Å². The van der Waals surface area contributed by atoms with Crippen LogP contribution in [0.2, 0.25) is 5.02 Å². The lowest BCUT2D eigenvalue weighted by molar-refractivity contribution is 0.827. The number of aromatic nitrogens is 1. The first-order chi connectivity index (χ1) is 7.81. The summed E-state index contributed by atoms with van der Waals surface area (Å²) in [4.78, 5) is 0. The molecule has 1 nitrogen and oxygen atoms in total. The van der Waals surface area contributed by atoms with Gasteiger partial charge in [-0.25, -0.2) is 0 Å². The summed E-state index contributed by atoms with van der Waals surface area (Å²) in [7, 11) is 0. The van der Waals surface area contributed by atoms with Crippen LogP contribution >= 0.6 is 11.6 Å². The van der Waals surface area contributed by atoms with Crippen LogP contribution in [-0.4, -0.2) is 4.57 Å². The summed E-state index contributed by atoms with van der Waals surface area (Å²) in [5.74, 6) is 0. The zero-order valence-electron chi connectivity index (χ0n) is 9.07. The molecular weight excluding hydrogens is 218 g/mol. The fourth-order valence-corrected chi connectivity index (χ4v) is 2.53. The van der Waals surface area contributed by atoms with E-state index in [1.54, 1.807) is 0 Å². The standard InChI is InChI=1S/C14H12ClN/c1-2-16-13-6-4-3-5-11(13)12-8-7-10(15)9-14(12)16/h3-9H,2H2,1H3. The number of hydrogen-bond donors (Lipinski definition) is 0. The maximum Gasteiger partial charge on any atom is 0.0506 e. The largest absolute Gasteiger partial charge is 0.341 e. The maximum atomic E-state index is 6.06. The number of benzene rings is 2. The van der Waals surface area contributed by atoms with Crippen LogP contribution in [0.25, 0.3) is 21.8 Å². The smallest absolute Gasteiger partial charge is 0.0506 e. The monoisotopic (exact) mass is 229 g/mol. The lowest BCUT2D eigenvalue weighted by Crippen LogP contribution is -1.92. The molecule has 0 bridgehead atoms. The second kappa shape index (κ2) is 3.53. The average Bonchev–Trinajstić information content (AvgIpc) is 2.61. The van der Waals surface area contributed by atoms with E-state index in [0.29, 0.717) is 0 Å². The molecule has 3 rings (SSSR count). The van der Waals surface area contributed by atoms with Gasteiger partial charge in [-0.15, -0.1) is 0 Å². The molecule has 0 saturated heterocycles. The topological polar surface area (TPSA) is 4.93 Å². The van der Waals surface area contributed by atoms with Gasteiger partial charge in [0.05, 0.1) is 5.52 Å². The Morgan fingerprint density at radius 2 is 1.75 bits per heavy atom. The maximum absolute atomic E-state index is 6.06. The minimum absolute atomic E-state index is 0.796. The Morgan fingerprint density at radius 1 is 1.00 bits per heavy atom. The Hall–Kier alpha value is -1.47. The number of fused-ring (bicyclic) bond motifs is 3. The first kappa shape index (κ1) is 9.73. The highest BCUT2D eigenvalue weighted by Crippen LogP contribution is 2.30. The van der Waals surface area contributed by atoms with Crippen LogP contribution in [0, 0.1) is 0 Å². The number of rotatable bonds is 1. The van der Waals surface area contributed by atoms with E-state index in [9.17, 15) is 0 Å². The van der Waals surface area contributed by atoms with Gasteiger partial charge in [0.15, 0.2) is 0 Å². The Balaban J connectivity index is 2.58. The molecule has 0 saturated carbocycles. The first-order valence-corrected chi connectivity index (χ1v) is 5.85. The van der Waals surface area contributed by atoms with Crippen molar-refractivity contribution in [2.45, 2.75) is 13.5 Å². The van der Waals surface area contributed by atoms with E-state index in [2.05, 4.69) is 41.8 Å². The molecule has 0 fully saturated rings. The van der Waals surface area contributed by atoms with Crippen LogP contribution in [0.15, 0.2) is 42.5 Å². The predicted octanol–water partition coefficient (Wildman–Crippen LogP) is 4.47. The van der Waals surface area contributed by atoms with Crippen LogP contribution in [0.4, 0.5) is 0 Å². The summed E-state index contributed by atoms with van der Waals surface area (Å²) < 4.78 is 2.30. The zero-order valence-corrected chi connectivity index (χ0v) is 9.83. The highest BCUT2D eigenvalue weighted by atomic mass is 35.5. The highest BCUT2D eigenvalue weighted by Gasteiger charge is 2.08. The van der Waals surface area contributed by atoms with Gasteiger partial charge in [0.25, 0.3) is 0 Å². The minimum atomic E-state index is 0.796. The van der Waals surface area contributed by atoms with Crippen molar-refractivity contribution in [3.05, 3.63) is 47.5 Å². The van der Waals surface area contributed by atoms with Gasteiger partial charge in [0.1, 0.15) is 0 Å². The van der Waals surface area contributed by atoms with E-state index in [0.717, 1.165) is 11.6 Å². The SMILES string of the molecule is CCn1c2ccccc2c2ccc(Cl)cc21. The second-order valence-corrected chi connectivity index (χ2v) is 4.36. The molecule has 0 aliphatic heterocycles. The Bertz CT molecular complexity index is 667. The van der Waals surface area contributed by atoms with Gasteiger partial charge < -0.3 is 4.57 Å². The molecule has 1 aromatic heterocycles. The number of aryl methyl sites for hydroxylation is 1. The van der Waals surface area contributed by atoms with Gasteiger partial charge in [-0.05, 0) is 25.1 Å². The molecule has 0 radical (unpaired) electrons. The van der Waals surface area contributed by atoms with Gasteiger partial charge >= 0.3 is 0 Å². The molecule has 0 unspecified atom stereocenters. The normalized spacial score (nSPS) is 11.4. The van der Waals surface area contributed by atoms with E-state index < -0.39 is 0 Å². The molecule has 2 heteroatoms. The van der Waals surface area contributed by atoms with E-state index in [4.69, 9.17) is 11.6 Å². The summed E-state index contributed by atoms with van der Waals surface area (Å²) in [6.45, 7) is 3.12. The number of para-hydroxylation sites is 1. The second-order valence-electron chi connectivity index (χ2n) is 3.92. The van der Waals surface area contributed by atoms with Crippen molar-refractivity contribution in [2.75, 3.05) is 0 Å². The lowest BCUT2D eigenvalue weighted by atomic mass is 10.2. The zero-order chi connectivity index (χ0) is 11.1. The van der Waals surface area contributed by atoms with Crippen LogP contribution in [0.3, 0.4) is 0 Å². The van der Waals surface area contributed by atoms with Crippen LogP contribution < -0.4 is 0 Å². The van der Waals surface area contributed by atoms with E-state index in [1.165, 1.54) is 21.8 Å². The third-order valence-corrected chi connectivity index (χ3v) is 3.29. The van der Waals surface area contributed by atoms with Gasteiger partial charge in [-0.1, -0.05) is 35.9 Å². The summed E-state index contributed by atoms with van der Waals surface area (Å²) in [5.41, 5.74) is 2.50. The third kappa shape index (κ3) is 1.25. The third-order valence-electron chi connectivity index (χ3n) is 3.05. The van der Waals surface area contributed by atoms with Crippen molar-refractivity contribution in [2.24, 2.45) is 0 Å². The van der Waals surface area contributed by atoms with Crippen molar-refractivity contribution in [1.29, 1.82) is 0 Å². The average molecular weight is 230 g/mol. The molecule has 0 amide bonds. The Morgan fingerprint density at radius 3 is 2.56 bits per heavy atom. The fraction of sp³-hybridized carbons (Fsp3) is 0.143. The van der Waals surface area contributed by atoms with Gasteiger partial charge in [-0.2, -0.15) is 0 Å². The van der Waals surface area contributed by atoms with Crippen LogP contribution in [0.1, 0.15) is 6.92 Å². The fourth-order valence-electron chi connectivity index (χ4n) is 2.36. The van der Waals surface area contributed by atoms with E-state index in [1.807, 2.05) is 12.1 Å². The van der Waals surface area contributed by atoms with Gasteiger partial charge in [0, 0.05) is 27.9 Å². The molecule has 2 aromatic carbocycles. The number of halogens is 1. The molecule has 0 aliphatic rings. The van der Waals surface area contributed by atoms with E-state index >= 15 is 0 Å². The Kier molecular flexibility index (Phi) is 2.15. The molecule has 0 spiro atoms. The van der Waals surface area contributed by atoms with Crippen molar-refractivity contribution in [1.82, 2.24) is 4.57 Å². The van der Waals surface area contributed by atoms with Gasteiger partial charge in [0.2, 0.25) is 0 Å². The van der Waals surface area contributed by atoms with Crippen molar-refractivity contribution < 1.29 is 0 Å². The quantitative estimate of drug-likeness (QED) is 0.580. The first-order valence-electron chi connectivity index (χ1n) is 5.47. The number of nitrogens with zero attached hydrogens (tertiary/aromatic N) is 1. The summed E-state index contributed by atoms with van der Waals surface area (Å²) >= 11 is 6.06. The molecule has 0 N–H and O–H groups in total.